The van der Waals surface area contributed by atoms with E-state index in [4.69, 9.17) is 0 Å². The van der Waals surface area contributed by atoms with E-state index < -0.39 is 0 Å². The molecule has 1 aromatic rings. The molecule has 5 rings (SSSR count). The summed E-state index contributed by atoms with van der Waals surface area (Å²) in [7, 11) is 0. The van der Waals surface area contributed by atoms with Gasteiger partial charge in [-0.3, -0.25) is 4.79 Å². The molecular weight excluding hydrogens is 265 g/mol. The van der Waals surface area contributed by atoms with E-state index in [9.17, 15) is 9.18 Å². The van der Waals surface area contributed by atoms with Crippen LogP contribution >= 0.6 is 0 Å². The van der Waals surface area contributed by atoms with E-state index in [1.807, 2.05) is 0 Å². The van der Waals surface area contributed by atoms with Crippen LogP contribution in [-0.2, 0) is 0 Å². The molecule has 112 valence electrons. The van der Waals surface area contributed by atoms with Gasteiger partial charge in [0.25, 0.3) is 5.91 Å². The highest BCUT2D eigenvalue weighted by atomic mass is 19.1. The average molecular weight is 287 g/mol. The standard InChI is InChI=1S/C18H22FNO/c19-16-3-1-15(2-4-16)17(21)20-18-6-5-12-7-13(10-18)9-14(8-12)11-18/h1-4,12-14H,5-11H2,(H,20,21). The molecule has 0 aromatic heterocycles. The van der Waals surface area contributed by atoms with E-state index in [1.54, 1.807) is 12.1 Å². The normalized spacial score (nSPS) is 37.3. The van der Waals surface area contributed by atoms with Crippen LogP contribution in [0.1, 0.15) is 55.3 Å². The lowest BCUT2D eigenvalue weighted by atomic mass is 9.65. The largest absolute Gasteiger partial charge is 0.347 e. The molecule has 0 heterocycles. The topological polar surface area (TPSA) is 29.1 Å². The number of carbonyl (C=O) groups is 1. The van der Waals surface area contributed by atoms with Gasteiger partial charge in [-0.15, -0.1) is 0 Å². The monoisotopic (exact) mass is 287 g/mol. The van der Waals surface area contributed by atoms with E-state index >= 15 is 0 Å². The van der Waals surface area contributed by atoms with Gasteiger partial charge in [-0.1, -0.05) is 0 Å². The Morgan fingerprint density at radius 2 is 1.67 bits per heavy atom. The van der Waals surface area contributed by atoms with Crippen LogP contribution in [0.4, 0.5) is 4.39 Å². The third-order valence-corrected chi connectivity index (χ3v) is 5.88. The first kappa shape index (κ1) is 13.3. The van der Waals surface area contributed by atoms with Crippen molar-refractivity contribution in [3.8, 4) is 0 Å². The zero-order valence-corrected chi connectivity index (χ0v) is 12.3. The van der Waals surface area contributed by atoms with Crippen molar-refractivity contribution in [2.24, 2.45) is 17.8 Å². The van der Waals surface area contributed by atoms with Crippen LogP contribution < -0.4 is 5.32 Å². The minimum atomic E-state index is -0.294. The molecule has 0 spiro atoms. The highest BCUT2D eigenvalue weighted by Gasteiger charge is 2.48. The quantitative estimate of drug-likeness (QED) is 0.877. The molecule has 4 fully saturated rings. The summed E-state index contributed by atoms with van der Waals surface area (Å²) in [5.41, 5.74) is 0.578. The predicted molar refractivity (Wildman–Crippen MR) is 79.4 cm³/mol. The van der Waals surface area contributed by atoms with Crippen molar-refractivity contribution < 1.29 is 9.18 Å². The minimum absolute atomic E-state index is 0.00427. The van der Waals surface area contributed by atoms with Crippen molar-refractivity contribution in [3.63, 3.8) is 0 Å². The van der Waals surface area contributed by atoms with Crippen LogP contribution in [0, 0.1) is 23.6 Å². The molecule has 0 aliphatic heterocycles. The maximum absolute atomic E-state index is 13.0. The molecule has 2 unspecified atom stereocenters. The fraction of sp³-hybridized carbons (Fsp3) is 0.611. The summed E-state index contributed by atoms with van der Waals surface area (Å²) >= 11 is 0. The van der Waals surface area contributed by atoms with Gasteiger partial charge >= 0.3 is 0 Å². The Hall–Kier alpha value is -1.38. The van der Waals surface area contributed by atoms with Gasteiger partial charge in [-0.05, 0) is 87.0 Å². The Morgan fingerprint density at radius 1 is 1.05 bits per heavy atom. The van der Waals surface area contributed by atoms with Gasteiger partial charge < -0.3 is 5.32 Å². The van der Waals surface area contributed by atoms with Crippen LogP contribution in [0.3, 0.4) is 0 Å². The Morgan fingerprint density at radius 3 is 2.33 bits per heavy atom. The number of fused-ring (bicyclic) bond motifs is 1. The van der Waals surface area contributed by atoms with Crippen molar-refractivity contribution in [2.75, 3.05) is 0 Å². The second-order valence-corrected chi connectivity index (χ2v) is 7.49. The third kappa shape index (κ3) is 2.47. The molecule has 1 aromatic carbocycles. The summed E-state index contributed by atoms with van der Waals surface area (Å²) in [4.78, 5) is 12.5. The first-order valence-corrected chi connectivity index (χ1v) is 8.20. The van der Waals surface area contributed by atoms with Gasteiger partial charge in [-0.2, -0.15) is 0 Å². The van der Waals surface area contributed by atoms with Crippen molar-refractivity contribution in [1.29, 1.82) is 0 Å². The highest BCUT2D eigenvalue weighted by molar-refractivity contribution is 5.94. The Balaban J connectivity index is 1.55. The van der Waals surface area contributed by atoms with E-state index in [0.29, 0.717) is 5.56 Å². The molecule has 4 aliphatic rings. The smallest absolute Gasteiger partial charge is 0.251 e. The van der Waals surface area contributed by atoms with Gasteiger partial charge in [0.2, 0.25) is 0 Å². The molecule has 3 heteroatoms. The first-order chi connectivity index (χ1) is 10.1. The number of amides is 1. The summed E-state index contributed by atoms with van der Waals surface area (Å²) < 4.78 is 13.0. The summed E-state index contributed by atoms with van der Waals surface area (Å²) in [6.07, 6.45) is 8.77. The van der Waals surface area contributed by atoms with E-state index in [0.717, 1.165) is 37.0 Å². The summed E-state index contributed by atoms with van der Waals surface area (Å²) in [5.74, 6) is 2.17. The molecule has 2 nitrogen and oxygen atoms in total. The molecule has 2 atom stereocenters. The van der Waals surface area contributed by atoms with Crippen LogP contribution in [-0.4, -0.2) is 11.4 Å². The molecule has 1 amide bonds. The molecule has 4 bridgehead atoms. The van der Waals surface area contributed by atoms with Gasteiger partial charge in [0, 0.05) is 11.1 Å². The summed E-state index contributed by atoms with van der Waals surface area (Å²) in [6, 6.07) is 5.89. The van der Waals surface area contributed by atoms with Gasteiger partial charge in [0.15, 0.2) is 0 Å². The fourth-order valence-corrected chi connectivity index (χ4v) is 5.22. The number of benzene rings is 1. The number of carbonyl (C=O) groups excluding carboxylic acids is 1. The second-order valence-electron chi connectivity index (χ2n) is 7.49. The van der Waals surface area contributed by atoms with Gasteiger partial charge in [0.1, 0.15) is 5.82 Å². The SMILES string of the molecule is O=C(NC12CCC3CC(CC(C3)C1)C2)c1ccc(F)cc1. The Labute approximate surface area is 125 Å². The Kier molecular flexibility index (Phi) is 3.05. The lowest BCUT2D eigenvalue weighted by Crippen LogP contribution is -2.52. The molecule has 4 saturated carbocycles. The zero-order valence-electron chi connectivity index (χ0n) is 12.3. The van der Waals surface area contributed by atoms with Crippen LogP contribution in [0.15, 0.2) is 24.3 Å². The van der Waals surface area contributed by atoms with Crippen LogP contribution in [0.2, 0.25) is 0 Å². The van der Waals surface area contributed by atoms with Gasteiger partial charge in [0.05, 0.1) is 0 Å². The first-order valence-electron chi connectivity index (χ1n) is 8.20. The van der Waals surface area contributed by atoms with Crippen molar-refractivity contribution in [2.45, 2.75) is 50.5 Å². The molecule has 1 N–H and O–H groups in total. The molecule has 4 aliphatic carbocycles. The Bertz CT molecular complexity index is 539. The molecular formula is C18H22FNO. The number of hydrogen-bond donors (Lipinski definition) is 1. The molecule has 0 radical (unpaired) electrons. The number of rotatable bonds is 2. The number of halogens is 1. The zero-order chi connectivity index (χ0) is 14.4. The maximum atomic E-state index is 13.0. The van der Waals surface area contributed by atoms with E-state index in [-0.39, 0.29) is 17.3 Å². The summed E-state index contributed by atoms with van der Waals surface area (Å²) in [5, 5.41) is 3.34. The highest BCUT2D eigenvalue weighted by Crippen LogP contribution is 2.53. The summed E-state index contributed by atoms with van der Waals surface area (Å²) in [6.45, 7) is 0. The van der Waals surface area contributed by atoms with Gasteiger partial charge in [-0.25, -0.2) is 4.39 Å². The van der Waals surface area contributed by atoms with Crippen molar-refractivity contribution in [1.82, 2.24) is 5.32 Å². The number of hydrogen-bond acceptors (Lipinski definition) is 1. The average Bonchev–Trinajstić information content (AvgIpc) is 2.63. The van der Waals surface area contributed by atoms with Crippen molar-refractivity contribution >= 4 is 5.91 Å². The lowest BCUT2D eigenvalue weighted by Gasteiger charge is -2.45. The molecule has 21 heavy (non-hydrogen) atoms. The van der Waals surface area contributed by atoms with E-state index in [2.05, 4.69) is 5.32 Å². The van der Waals surface area contributed by atoms with Crippen LogP contribution in [0.5, 0.6) is 0 Å². The maximum Gasteiger partial charge on any atom is 0.251 e. The molecule has 0 saturated heterocycles. The fourth-order valence-electron chi connectivity index (χ4n) is 5.22. The van der Waals surface area contributed by atoms with Crippen molar-refractivity contribution in [3.05, 3.63) is 35.6 Å². The van der Waals surface area contributed by atoms with Crippen LogP contribution in [0.25, 0.3) is 0 Å². The third-order valence-electron chi connectivity index (χ3n) is 5.88. The lowest BCUT2D eigenvalue weighted by molar-refractivity contribution is 0.0714. The number of nitrogens with one attached hydrogen (secondary N) is 1. The predicted octanol–water partition coefficient (Wildman–Crippen LogP) is 3.91. The minimum Gasteiger partial charge on any atom is -0.347 e. The van der Waals surface area contributed by atoms with E-state index in [1.165, 1.54) is 37.8 Å². The second kappa shape index (κ2) is 4.82.